The molecule has 6 nitrogen and oxygen atoms in total. The maximum atomic E-state index is 11.9. The van der Waals surface area contributed by atoms with Gasteiger partial charge >= 0.3 is 11.9 Å². The Kier molecular flexibility index (Phi) is 6.04. The van der Waals surface area contributed by atoms with E-state index in [4.69, 9.17) is 4.74 Å². The second-order valence-electron chi connectivity index (χ2n) is 5.05. The summed E-state index contributed by atoms with van der Waals surface area (Å²) < 4.78 is 10.2. The van der Waals surface area contributed by atoms with Crippen LogP contribution in [0.25, 0.3) is 0 Å². The van der Waals surface area contributed by atoms with E-state index in [-0.39, 0.29) is 5.70 Å². The second-order valence-corrected chi connectivity index (χ2v) is 5.97. The molecule has 0 aromatic heterocycles. The SMILES string of the molecule is COC(=O)/C=C(/Nc1ccc(Br)cc1N1CCCC1)C(=O)OC. The van der Waals surface area contributed by atoms with E-state index in [1.807, 2.05) is 18.2 Å². The van der Waals surface area contributed by atoms with Crippen LogP contribution in [0.1, 0.15) is 12.8 Å². The summed E-state index contributed by atoms with van der Waals surface area (Å²) in [6.45, 7) is 1.92. The van der Waals surface area contributed by atoms with Crippen LogP contribution < -0.4 is 10.2 Å². The van der Waals surface area contributed by atoms with Crippen molar-refractivity contribution in [1.29, 1.82) is 0 Å². The number of carbonyl (C=O) groups is 2. The first-order valence-corrected chi connectivity index (χ1v) is 8.04. The van der Waals surface area contributed by atoms with Crippen LogP contribution in [-0.4, -0.2) is 39.2 Å². The topological polar surface area (TPSA) is 67.9 Å². The van der Waals surface area contributed by atoms with Crippen LogP contribution in [0.2, 0.25) is 0 Å². The predicted molar refractivity (Wildman–Crippen MR) is 91.3 cm³/mol. The number of methoxy groups -OCH3 is 2. The minimum atomic E-state index is -0.634. The van der Waals surface area contributed by atoms with Crippen LogP contribution in [-0.2, 0) is 19.1 Å². The van der Waals surface area contributed by atoms with Crippen LogP contribution in [0.3, 0.4) is 0 Å². The molecule has 1 heterocycles. The Bertz CT molecular complexity index is 625. The molecule has 0 saturated carbocycles. The molecule has 0 amide bonds. The highest BCUT2D eigenvalue weighted by atomic mass is 79.9. The maximum absolute atomic E-state index is 11.9. The molecule has 1 aromatic rings. The molecule has 0 bridgehead atoms. The third-order valence-corrected chi connectivity index (χ3v) is 4.04. The third kappa shape index (κ3) is 4.48. The molecule has 0 radical (unpaired) electrons. The third-order valence-electron chi connectivity index (χ3n) is 3.54. The molecule has 1 saturated heterocycles. The van der Waals surface area contributed by atoms with Crippen molar-refractivity contribution >= 4 is 39.2 Å². The van der Waals surface area contributed by atoms with Gasteiger partial charge in [0.15, 0.2) is 0 Å². The van der Waals surface area contributed by atoms with E-state index < -0.39 is 11.9 Å². The van der Waals surface area contributed by atoms with E-state index in [9.17, 15) is 9.59 Å². The molecule has 0 atom stereocenters. The average Bonchev–Trinajstić information content (AvgIpc) is 3.09. The van der Waals surface area contributed by atoms with Gasteiger partial charge in [-0.3, -0.25) is 0 Å². The molecule has 1 fully saturated rings. The number of hydrogen-bond acceptors (Lipinski definition) is 6. The average molecular weight is 383 g/mol. The Morgan fingerprint density at radius 2 is 1.91 bits per heavy atom. The molecule has 7 heteroatoms. The fourth-order valence-corrected chi connectivity index (χ4v) is 2.76. The van der Waals surface area contributed by atoms with E-state index in [0.717, 1.165) is 47.9 Å². The van der Waals surface area contributed by atoms with Crippen LogP contribution >= 0.6 is 15.9 Å². The van der Waals surface area contributed by atoms with Gasteiger partial charge in [-0.2, -0.15) is 0 Å². The Hall–Kier alpha value is -2.02. The summed E-state index contributed by atoms with van der Waals surface area (Å²) in [5.41, 5.74) is 1.73. The Morgan fingerprint density at radius 3 is 2.52 bits per heavy atom. The van der Waals surface area contributed by atoms with Crippen molar-refractivity contribution in [3.8, 4) is 0 Å². The number of ether oxygens (including phenoxy) is 2. The van der Waals surface area contributed by atoms with Gasteiger partial charge in [-0.15, -0.1) is 0 Å². The molecule has 124 valence electrons. The molecular weight excluding hydrogens is 364 g/mol. The lowest BCUT2D eigenvalue weighted by Crippen LogP contribution is -2.21. The second kappa shape index (κ2) is 8.01. The molecule has 1 aliphatic rings. The summed E-state index contributed by atoms with van der Waals surface area (Å²) in [5.74, 6) is -1.26. The normalized spacial score (nSPS) is 14.6. The molecule has 23 heavy (non-hydrogen) atoms. The number of carbonyl (C=O) groups excluding carboxylic acids is 2. The summed E-state index contributed by atoms with van der Waals surface area (Å²) >= 11 is 3.47. The molecule has 0 spiro atoms. The van der Waals surface area contributed by atoms with Gasteiger partial charge in [0.1, 0.15) is 5.70 Å². The minimum Gasteiger partial charge on any atom is -0.466 e. The van der Waals surface area contributed by atoms with Crippen molar-refractivity contribution in [3.05, 3.63) is 34.4 Å². The van der Waals surface area contributed by atoms with Gasteiger partial charge < -0.3 is 19.7 Å². The summed E-state index contributed by atoms with van der Waals surface area (Å²) in [6.07, 6.45) is 3.35. The van der Waals surface area contributed by atoms with E-state index in [1.54, 1.807) is 0 Å². The van der Waals surface area contributed by atoms with E-state index in [2.05, 4.69) is 30.9 Å². The Labute approximate surface area is 143 Å². The zero-order valence-electron chi connectivity index (χ0n) is 13.1. The maximum Gasteiger partial charge on any atom is 0.354 e. The fraction of sp³-hybridized carbons (Fsp3) is 0.375. The zero-order valence-corrected chi connectivity index (χ0v) is 14.7. The lowest BCUT2D eigenvalue weighted by Gasteiger charge is -2.22. The quantitative estimate of drug-likeness (QED) is 0.623. The van der Waals surface area contributed by atoms with Crippen LogP contribution in [0.5, 0.6) is 0 Å². The molecule has 1 aromatic carbocycles. The number of anilines is 2. The van der Waals surface area contributed by atoms with Crippen molar-refractivity contribution in [2.75, 3.05) is 37.5 Å². The summed E-state index contributed by atoms with van der Waals surface area (Å²) in [5, 5.41) is 2.99. The number of benzene rings is 1. The first-order chi connectivity index (χ1) is 11.0. The number of halogens is 1. The number of nitrogens with zero attached hydrogens (tertiary/aromatic N) is 1. The molecular formula is C16H19BrN2O4. The Balaban J connectivity index is 2.34. The predicted octanol–water partition coefficient (Wildman–Crippen LogP) is 2.69. The van der Waals surface area contributed by atoms with Gasteiger partial charge in [0.2, 0.25) is 0 Å². The highest BCUT2D eigenvalue weighted by Gasteiger charge is 2.19. The standard InChI is InChI=1S/C16H19BrN2O4/c1-22-15(20)10-13(16(21)23-2)18-12-6-5-11(17)9-14(12)19-7-3-4-8-19/h5-6,9-10,18H,3-4,7-8H2,1-2H3/b13-10+. The summed E-state index contributed by atoms with van der Waals surface area (Å²) in [7, 11) is 2.51. The number of nitrogens with one attached hydrogen (secondary N) is 1. The largest absolute Gasteiger partial charge is 0.466 e. The van der Waals surface area contributed by atoms with Gasteiger partial charge in [-0.1, -0.05) is 15.9 Å². The van der Waals surface area contributed by atoms with Crippen molar-refractivity contribution in [2.24, 2.45) is 0 Å². The summed E-state index contributed by atoms with van der Waals surface area (Å²) in [4.78, 5) is 25.6. The highest BCUT2D eigenvalue weighted by Crippen LogP contribution is 2.32. The minimum absolute atomic E-state index is 0.0297. The summed E-state index contributed by atoms with van der Waals surface area (Å²) in [6, 6.07) is 5.71. The van der Waals surface area contributed by atoms with E-state index >= 15 is 0 Å². The number of rotatable bonds is 5. The van der Waals surface area contributed by atoms with Gasteiger partial charge in [0, 0.05) is 17.6 Å². The molecule has 0 unspecified atom stereocenters. The first-order valence-electron chi connectivity index (χ1n) is 7.24. The lowest BCUT2D eigenvalue weighted by molar-refractivity contribution is -0.138. The fourth-order valence-electron chi connectivity index (χ4n) is 2.41. The molecule has 1 N–H and O–H groups in total. The van der Waals surface area contributed by atoms with E-state index in [0.29, 0.717) is 0 Å². The monoisotopic (exact) mass is 382 g/mol. The van der Waals surface area contributed by atoms with Gasteiger partial charge in [0.25, 0.3) is 0 Å². The lowest BCUT2D eigenvalue weighted by atomic mass is 10.2. The van der Waals surface area contributed by atoms with Crippen LogP contribution in [0.15, 0.2) is 34.4 Å². The highest BCUT2D eigenvalue weighted by molar-refractivity contribution is 9.10. The van der Waals surface area contributed by atoms with Gasteiger partial charge in [-0.25, -0.2) is 9.59 Å². The van der Waals surface area contributed by atoms with E-state index in [1.165, 1.54) is 14.2 Å². The number of hydrogen-bond donors (Lipinski definition) is 1. The molecule has 2 rings (SSSR count). The van der Waals surface area contributed by atoms with Crippen molar-refractivity contribution in [2.45, 2.75) is 12.8 Å². The van der Waals surface area contributed by atoms with Gasteiger partial charge in [-0.05, 0) is 31.0 Å². The molecule has 0 aliphatic carbocycles. The molecule has 1 aliphatic heterocycles. The van der Waals surface area contributed by atoms with Crippen LogP contribution in [0.4, 0.5) is 11.4 Å². The van der Waals surface area contributed by atoms with Crippen LogP contribution in [0, 0.1) is 0 Å². The first kappa shape index (κ1) is 17.3. The number of esters is 2. The van der Waals surface area contributed by atoms with Crippen molar-refractivity contribution in [1.82, 2.24) is 0 Å². The van der Waals surface area contributed by atoms with Gasteiger partial charge in [0.05, 0.1) is 31.7 Å². The van der Waals surface area contributed by atoms with Crippen molar-refractivity contribution < 1.29 is 19.1 Å². The Morgan fingerprint density at radius 1 is 1.22 bits per heavy atom. The zero-order chi connectivity index (χ0) is 16.8. The van der Waals surface area contributed by atoms with Crippen molar-refractivity contribution in [3.63, 3.8) is 0 Å². The smallest absolute Gasteiger partial charge is 0.354 e.